The molecule has 2 aliphatic rings. The Morgan fingerprint density at radius 2 is 0.804 bits per heavy atom. The van der Waals surface area contributed by atoms with Gasteiger partial charge in [-0.1, -0.05) is 140 Å². The third-order valence-corrected chi connectivity index (χ3v) is 13.3. The summed E-state index contributed by atoms with van der Waals surface area (Å²) in [6.07, 6.45) is 0. The lowest BCUT2D eigenvalue weighted by atomic mass is 9.36. The van der Waals surface area contributed by atoms with Crippen LogP contribution in [0.5, 0.6) is 0 Å². The molecule has 0 bridgehead atoms. The van der Waals surface area contributed by atoms with Gasteiger partial charge in [-0.05, 0) is 77.1 Å². The summed E-state index contributed by atoms with van der Waals surface area (Å²) in [6, 6.07) is 54.6. The summed E-state index contributed by atoms with van der Waals surface area (Å²) in [5.74, 6) is 0. The second-order valence-electron chi connectivity index (χ2n) is 15.0. The topological polar surface area (TPSA) is 9.86 Å². The molecule has 2 aromatic heterocycles. The van der Waals surface area contributed by atoms with Gasteiger partial charge in [0.05, 0.1) is 22.1 Å². The van der Waals surface area contributed by atoms with E-state index >= 15 is 0 Å². The van der Waals surface area contributed by atoms with Crippen molar-refractivity contribution in [2.75, 3.05) is 0 Å². The molecule has 2 aliphatic heterocycles. The maximum atomic E-state index is 2.48. The number of fused-ring (bicyclic) bond motifs is 10. The van der Waals surface area contributed by atoms with Crippen molar-refractivity contribution in [3.05, 3.63) is 151 Å². The van der Waals surface area contributed by atoms with E-state index in [9.17, 15) is 0 Å². The average Bonchev–Trinajstić information content (AvgIpc) is 3.67. The van der Waals surface area contributed by atoms with Crippen molar-refractivity contribution in [1.82, 2.24) is 9.13 Å². The highest BCUT2D eigenvalue weighted by Crippen LogP contribution is 2.43. The maximum absolute atomic E-state index is 2.48. The number of rotatable bonds is 2. The monoisotopic (exact) mass is 688 g/mol. The SMILES string of the molecule is CC(C)(C)c1cc2c3c(c1)Sc1cc(-n4c5ccccc5c5ccccc54)ccc1B3c1ccc(-n3c4ccccc4c4ccccc43)cc1S2. The Bertz CT molecular complexity index is 2630. The van der Waals surface area contributed by atoms with Crippen LogP contribution in [0.25, 0.3) is 55.0 Å². The minimum atomic E-state index is 0.0400. The Labute approximate surface area is 306 Å². The highest BCUT2D eigenvalue weighted by Gasteiger charge is 2.39. The smallest absolute Gasteiger partial charge is 0.247 e. The average molecular weight is 689 g/mol. The summed E-state index contributed by atoms with van der Waals surface area (Å²) in [7, 11) is 0. The summed E-state index contributed by atoms with van der Waals surface area (Å²) in [6.45, 7) is 7.18. The zero-order valence-corrected chi connectivity index (χ0v) is 30.3. The quantitative estimate of drug-likeness (QED) is 0.167. The van der Waals surface area contributed by atoms with E-state index in [0.717, 1.165) is 0 Å². The van der Waals surface area contributed by atoms with Crippen LogP contribution < -0.4 is 16.4 Å². The Hall–Kier alpha value is -5.10. The second-order valence-corrected chi connectivity index (χ2v) is 17.1. The fourth-order valence-electron chi connectivity index (χ4n) is 8.58. The van der Waals surface area contributed by atoms with E-state index in [-0.39, 0.29) is 12.1 Å². The Kier molecular flexibility index (Phi) is 6.22. The molecule has 0 atom stereocenters. The molecule has 9 aromatic rings. The molecule has 7 aromatic carbocycles. The van der Waals surface area contributed by atoms with E-state index in [1.165, 1.54) is 96.5 Å². The van der Waals surface area contributed by atoms with Crippen LogP contribution in [0.3, 0.4) is 0 Å². The van der Waals surface area contributed by atoms with Gasteiger partial charge in [0.1, 0.15) is 0 Å². The molecule has 0 fully saturated rings. The first-order valence-electron chi connectivity index (χ1n) is 17.7. The van der Waals surface area contributed by atoms with E-state index in [0.29, 0.717) is 0 Å². The molecular formula is C46H33BN2S2. The molecule has 5 heteroatoms. The molecule has 4 heterocycles. The molecule has 51 heavy (non-hydrogen) atoms. The largest absolute Gasteiger partial charge is 0.309 e. The lowest BCUT2D eigenvalue weighted by Gasteiger charge is -2.35. The first kappa shape index (κ1) is 29.6. The molecule has 0 saturated heterocycles. The minimum Gasteiger partial charge on any atom is -0.309 e. The van der Waals surface area contributed by atoms with Crippen molar-refractivity contribution in [1.29, 1.82) is 0 Å². The number of benzene rings is 7. The van der Waals surface area contributed by atoms with Crippen LogP contribution in [0, 0.1) is 0 Å². The van der Waals surface area contributed by atoms with E-state index < -0.39 is 0 Å². The number of hydrogen-bond acceptors (Lipinski definition) is 2. The molecule has 0 N–H and O–H groups in total. The zero-order chi connectivity index (χ0) is 34.0. The summed E-state index contributed by atoms with van der Waals surface area (Å²) >= 11 is 3.90. The van der Waals surface area contributed by atoms with Gasteiger partial charge in [0, 0.05) is 52.5 Å². The van der Waals surface area contributed by atoms with E-state index in [4.69, 9.17) is 0 Å². The highest BCUT2D eigenvalue weighted by atomic mass is 32.2. The highest BCUT2D eigenvalue weighted by molar-refractivity contribution is 8.01. The van der Waals surface area contributed by atoms with Crippen LogP contribution in [0.1, 0.15) is 26.3 Å². The standard InChI is InChI=1S/C46H33BN2S2/c1-46(2,3)28-24-43-45-44(25-28)51-42-27-30(49-39-18-10-6-14-33(39)34-15-7-11-19-40(34)49)21-23-36(42)47(45)35-22-20-29(26-41(35)50-43)48-37-16-8-4-12-31(37)32-13-5-9-17-38(32)48/h4-27H,1-3H3. The number of hydrogen-bond donors (Lipinski definition) is 0. The van der Waals surface area contributed by atoms with Gasteiger partial charge in [0.15, 0.2) is 0 Å². The van der Waals surface area contributed by atoms with Gasteiger partial charge in [-0.3, -0.25) is 0 Å². The van der Waals surface area contributed by atoms with Crippen molar-refractivity contribution in [2.24, 2.45) is 0 Å². The van der Waals surface area contributed by atoms with Crippen molar-refractivity contribution < 1.29 is 0 Å². The van der Waals surface area contributed by atoms with Gasteiger partial charge in [-0.2, -0.15) is 0 Å². The molecule has 0 unspecified atom stereocenters. The fraction of sp³-hybridized carbons (Fsp3) is 0.0870. The summed E-state index contributed by atoms with van der Waals surface area (Å²) in [5, 5.41) is 5.17. The van der Waals surface area contributed by atoms with Gasteiger partial charge in [0.25, 0.3) is 0 Å². The molecule has 0 saturated carbocycles. The second kappa shape index (κ2) is 10.7. The molecule has 0 spiro atoms. The molecular weight excluding hydrogens is 655 g/mol. The van der Waals surface area contributed by atoms with Crippen molar-refractivity contribution in [3.63, 3.8) is 0 Å². The van der Waals surface area contributed by atoms with Gasteiger partial charge in [-0.15, -0.1) is 0 Å². The van der Waals surface area contributed by atoms with Crippen molar-refractivity contribution in [2.45, 2.75) is 45.8 Å². The van der Waals surface area contributed by atoms with Gasteiger partial charge >= 0.3 is 0 Å². The van der Waals surface area contributed by atoms with Crippen molar-refractivity contribution in [3.8, 4) is 11.4 Å². The summed E-state index contributed by atoms with van der Waals surface area (Å²) < 4.78 is 4.89. The molecule has 11 rings (SSSR count). The van der Waals surface area contributed by atoms with Crippen LogP contribution in [-0.2, 0) is 5.41 Å². The van der Waals surface area contributed by atoms with E-state index in [2.05, 4.69) is 175 Å². The third kappa shape index (κ3) is 4.28. The molecule has 0 radical (unpaired) electrons. The first-order chi connectivity index (χ1) is 24.9. The minimum absolute atomic E-state index is 0.0400. The first-order valence-corrected chi connectivity index (χ1v) is 19.3. The van der Waals surface area contributed by atoms with Crippen molar-refractivity contribution >= 4 is 90.2 Å². The van der Waals surface area contributed by atoms with Gasteiger partial charge in [-0.25, -0.2) is 0 Å². The molecule has 0 amide bonds. The van der Waals surface area contributed by atoms with E-state index in [1.807, 2.05) is 23.5 Å². The number of para-hydroxylation sites is 4. The van der Waals surface area contributed by atoms with Crippen LogP contribution in [0.2, 0.25) is 0 Å². The Balaban J connectivity index is 1.13. The van der Waals surface area contributed by atoms with Crippen LogP contribution in [0.15, 0.2) is 165 Å². The lowest BCUT2D eigenvalue weighted by molar-refractivity contribution is 0.587. The zero-order valence-electron chi connectivity index (χ0n) is 28.6. The lowest BCUT2D eigenvalue weighted by Crippen LogP contribution is -2.58. The predicted molar refractivity (Wildman–Crippen MR) is 220 cm³/mol. The Morgan fingerprint density at radius 3 is 1.18 bits per heavy atom. The molecule has 242 valence electrons. The number of aromatic nitrogens is 2. The third-order valence-electron chi connectivity index (χ3n) is 11.0. The normalized spacial score (nSPS) is 13.6. The number of nitrogens with zero attached hydrogens (tertiary/aromatic N) is 2. The van der Waals surface area contributed by atoms with Gasteiger partial charge in [0.2, 0.25) is 6.71 Å². The molecule has 0 aliphatic carbocycles. The maximum Gasteiger partial charge on any atom is 0.247 e. The van der Waals surface area contributed by atoms with Gasteiger partial charge < -0.3 is 9.13 Å². The van der Waals surface area contributed by atoms with Crippen LogP contribution >= 0.6 is 23.5 Å². The summed E-state index contributed by atoms with van der Waals surface area (Å²) in [5.41, 5.74) is 13.1. The Morgan fingerprint density at radius 1 is 0.431 bits per heavy atom. The predicted octanol–water partition coefficient (Wildman–Crippen LogP) is 10.6. The van der Waals surface area contributed by atoms with E-state index in [1.54, 1.807) is 0 Å². The molecule has 2 nitrogen and oxygen atoms in total. The fourth-order valence-corrected chi connectivity index (χ4v) is 11.1. The van der Waals surface area contributed by atoms with Crippen LogP contribution in [-0.4, -0.2) is 15.8 Å². The van der Waals surface area contributed by atoms with Crippen LogP contribution in [0.4, 0.5) is 0 Å². The summed E-state index contributed by atoms with van der Waals surface area (Å²) in [4.78, 5) is 5.46.